The highest BCUT2D eigenvalue weighted by molar-refractivity contribution is 5.77. The minimum absolute atomic E-state index is 0.283. The molecule has 0 aromatic carbocycles. The summed E-state index contributed by atoms with van der Waals surface area (Å²) in [7, 11) is 1.52. The minimum atomic E-state index is -4.43. The van der Waals surface area contributed by atoms with E-state index in [1.165, 1.54) is 12.0 Å². The fourth-order valence-corrected chi connectivity index (χ4v) is 2.10. The maximum absolute atomic E-state index is 11.9. The van der Waals surface area contributed by atoms with Gasteiger partial charge in [-0.3, -0.25) is 4.79 Å². The SMILES string of the molecule is COC[C@@H]1CN(C(=O)COCC(F)(F)F)CC(C)(C)O1. The summed E-state index contributed by atoms with van der Waals surface area (Å²) in [5.41, 5.74) is -0.568. The lowest BCUT2D eigenvalue weighted by Crippen LogP contribution is -2.56. The van der Waals surface area contributed by atoms with Gasteiger partial charge in [0.2, 0.25) is 5.91 Å². The van der Waals surface area contributed by atoms with E-state index in [2.05, 4.69) is 4.74 Å². The lowest BCUT2D eigenvalue weighted by molar-refractivity contribution is -0.186. The van der Waals surface area contributed by atoms with Crippen LogP contribution in [0.15, 0.2) is 0 Å². The fraction of sp³-hybridized carbons (Fsp3) is 0.917. The van der Waals surface area contributed by atoms with Gasteiger partial charge in [0.15, 0.2) is 0 Å². The van der Waals surface area contributed by atoms with Crippen LogP contribution in [0, 0.1) is 0 Å². The maximum atomic E-state index is 11.9. The molecule has 1 aliphatic heterocycles. The van der Waals surface area contributed by atoms with Gasteiger partial charge < -0.3 is 19.1 Å². The molecule has 1 aliphatic rings. The molecule has 0 unspecified atom stereocenters. The first-order chi connectivity index (χ1) is 9.13. The summed E-state index contributed by atoms with van der Waals surface area (Å²) in [4.78, 5) is 13.3. The summed E-state index contributed by atoms with van der Waals surface area (Å²) in [6, 6.07) is 0. The molecule has 118 valence electrons. The van der Waals surface area contributed by atoms with E-state index >= 15 is 0 Å². The molecule has 1 amide bonds. The van der Waals surface area contributed by atoms with Crippen molar-refractivity contribution in [2.45, 2.75) is 31.7 Å². The largest absolute Gasteiger partial charge is 0.411 e. The zero-order valence-electron chi connectivity index (χ0n) is 11.8. The van der Waals surface area contributed by atoms with E-state index in [-0.39, 0.29) is 12.6 Å². The highest BCUT2D eigenvalue weighted by Crippen LogP contribution is 2.21. The predicted molar refractivity (Wildman–Crippen MR) is 64.3 cm³/mol. The van der Waals surface area contributed by atoms with Crippen LogP contribution in [-0.2, 0) is 19.0 Å². The van der Waals surface area contributed by atoms with E-state index in [9.17, 15) is 18.0 Å². The van der Waals surface area contributed by atoms with Crippen molar-refractivity contribution in [1.82, 2.24) is 4.90 Å². The van der Waals surface area contributed by atoms with Gasteiger partial charge in [0.05, 0.1) is 18.3 Å². The molecule has 5 nitrogen and oxygen atoms in total. The van der Waals surface area contributed by atoms with Crippen molar-refractivity contribution >= 4 is 5.91 Å². The Morgan fingerprint density at radius 1 is 1.45 bits per heavy atom. The number of alkyl halides is 3. The van der Waals surface area contributed by atoms with Crippen molar-refractivity contribution in [2.75, 3.05) is 40.0 Å². The first kappa shape index (κ1) is 17.2. The summed E-state index contributed by atoms with van der Waals surface area (Å²) < 4.78 is 50.9. The van der Waals surface area contributed by atoms with Crippen molar-refractivity contribution in [2.24, 2.45) is 0 Å². The quantitative estimate of drug-likeness (QED) is 0.766. The maximum Gasteiger partial charge on any atom is 0.411 e. The topological polar surface area (TPSA) is 48.0 Å². The number of rotatable bonds is 5. The van der Waals surface area contributed by atoms with Gasteiger partial charge >= 0.3 is 6.18 Å². The Bertz CT molecular complexity index is 333. The first-order valence-corrected chi connectivity index (χ1v) is 6.22. The zero-order valence-corrected chi connectivity index (χ0v) is 11.8. The average Bonchev–Trinajstić information content (AvgIpc) is 2.25. The normalized spacial score (nSPS) is 22.9. The average molecular weight is 299 g/mol. The molecule has 1 fully saturated rings. The molecule has 1 rings (SSSR count). The van der Waals surface area contributed by atoms with E-state index in [0.29, 0.717) is 13.2 Å². The van der Waals surface area contributed by atoms with Crippen LogP contribution in [0.5, 0.6) is 0 Å². The Morgan fingerprint density at radius 3 is 2.65 bits per heavy atom. The molecule has 0 aliphatic carbocycles. The number of methoxy groups -OCH3 is 1. The minimum Gasteiger partial charge on any atom is -0.382 e. The summed E-state index contributed by atoms with van der Waals surface area (Å²) in [6.07, 6.45) is -4.72. The Labute approximate surface area is 116 Å². The van der Waals surface area contributed by atoms with Crippen molar-refractivity contribution < 1.29 is 32.2 Å². The smallest absolute Gasteiger partial charge is 0.382 e. The number of hydrogen-bond donors (Lipinski definition) is 0. The predicted octanol–water partition coefficient (Wildman–Crippen LogP) is 1.22. The third kappa shape index (κ3) is 6.06. The Hall–Kier alpha value is -0.860. The molecule has 1 saturated heterocycles. The molecule has 0 aromatic rings. The second-order valence-electron chi connectivity index (χ2n) is 5.34. The zero-order chi connectivity index (χ0) is 15.4. The molecule has 1 heterocycles. The highest BCUT2D eigenvalue weighted by atomic mass is 19.4. The molecule has 0 saturated carbocycles. The number of hydrogen-bond acceptors (Lipinski definition) is 4. The molecule has 0 N–H and O–H groups in total. The van der Waals surface area contributed by atoms with Crippen LogP contribution in [0.3, 0.4) is 0 Å². The third-order valence-electron chi connectivity index (χ3n) is 2.68. The second kappa shape index (κ2) is 6.73. The van der Waals surface area contributed by atoms with Gasteiger partial charge in [0, 0.05) is 20.2 Å². The monoisotopic (exact) mass is 299 g/mol. The van der Waals surface area contributed by atoms with Gasteiger partial charge in [0.1, 0.15) is 13.2 Å². The standard InChI is InChI=1S/C12H20F3NO4/c1-11(2)7-16(4-9(20-11)5-18-3)10(17)6-19-8-12(13,14)15/h9H,4-8H2,1-3H3/t9-/m0/s1. The van der Waals surface area contributed by atoms with Crippen LogP contribution >= 0.6 is 0 Å². The number of carbonyl (C=O) groups is 1. The second-order valence-corrected chi connectivity index (χ2v) is 5.34. The fourth-order valence-electron chi connectivity index (χ4n) is 2.10. The molecule has 20 heavy (non-hydrogen) atoms. The number of halogens is 3. The molecule has 1 atom stereocenters. The molecular weight excluding hydrogens is 279 g/mol. The van der Waals surface area contributed by atoms with Crippen LogP contribution in [0.4, 0.5) is 13.2 Å². The van der Waals surface area contributed by atoms with Crippen molar-refractivity contribution in [3.8, 4) is 0 Å². The van der Waals surface area contributed by atoms with E-state index in [0.717, 1.165) is 0 Å². The van der Waals surface area contributed by atoms with Gasteiger partial charge in [-0.1, -0.05) is 0 Å². The third-order valence-corrected chi connectivity index (χ3v) is 2.68. The Balaban J connectivity index is 2.49. The van der Waals surface area contributed by atoms with E-state index in [4.69, 9.17) is 9.47 Å². The van der Waals surface area contributed by atoms with E-state index in [1.54, 1.807) is 0 Å². The molecule has 0 spiro atoms. The van der Waals surface area contributed by atoms with Gasteiger partial charge in [0.25, 0.3) is 0 Å². The Morgan fingerprint density at radius 2 is 2.10 bits per heavy atom. The molecular formula is C12H20F3NO4. The summed E-state index contributed by atoms with van der Waals surface area (Å²) in [6.45, 7) is 2.52. The van der Waals surface area contributed by atoms with Crippen LogP contribution in [0.25, 0.3) is 0 Å². The van der Waals surface area contributed by atoms with Crippen molar-refractivity contribution in [1.29, 1.82) is 0 Å². The van der Waals surface area contributed by atoms with Gasteiger partial charge in [-0.15, -0.1) is 0 Å². The number of amides is 1. The summed E-state index contributed by atoms with van der Waals surface area (Å²) in [5.74, 6) is -0.480. The lowest BCUT2D eigenvalue weighted by Gasteiger charge is -2.42. The Kier molecular flexibility index (Phi) is 5.79. The number of nitrogens with zero attached hydrogens (tertiary/aromatic N) is 1. The highest BCUT2D eigenvalue weighted by Gasteiger charge is 2.36. The van der Waals surface area contributed by atoms with Gasteiger partial charge in [-0.05, 0) is 13.8 Å². The van der Waals surface area contributed by atoms with Crippen LogP contribution in [0.1, 0.15) is 13.8 Å². The molecule has 0 aromatic heterocycles. The van der Waals surface area contributed by atoms with Gasteiger partial charge in [-0.2, -0.15) is 13.2 Å². The molecule has 0 radical (unpaired) electrons. The first-order valence-electron chi connectivity index (χ1n) is 6.22. The van der Waals surface area contributed by atoms with Crippen molar-refractivity contribution in [3.05, 3.63) is 0 Å². The number of ether oxygens (including phenoxy) is 3. The van der Waals surface area contributed by atoms with Crippen LogP contribution in [0.2, 0.25) is 0 Å². The van der Waals surface area contributed by atoms with E-state index in [1.807, 2.05) is 13.8 Å². The molecule has 0 bridgehead atoms. The van der Waals surface area contributed by atoms with Gasteiger partial charge in [-0.25, -0.2) is 0 Å². The number of morpholine rings is 1. The lowest BCUT2D eigenvalue weighted by atomic mass is 10.1. The van der Waals surface area contributed by atoms with Crippen molar-refractivity contribution in [3.63, 3.8) is 0 Å². The van der Waals surface area contributed by atoms with Crippen LogP contribution < -0.4 is 0 Å². The van der Waals surface area contributed by atoms with E-state index < -0.39 is 30.9 Å². The van der Waals surface area contributed by atoms with Crippen LogP contribution in [-0.4, -0.2) is 68.7 Å². The summed E-state index contributed by atoms with van der Waals surface area (Å²) >= 11 is 0. The summed E-state index contributed by atoms with van der Waals surface area (Å²) in [5, 5.41) is 0. The number of carbonyl (C=O) groups excluding carboxylic acids is 1. The molecule has 8 heteroatoms.